The highest BCUT2D eigenvalue weighted by Gasteiger charge is 2.48. The lowest BCUT2D eigenvalue weighted by Crippen LogP contribution is -2.54. The van der Waals surface area contributed by atoms with Crippen molar-refractivity contribution in [2.24, 2.45) is 0 Å². The average molecular weight is 403 g/mol. The van der Waals surface area contributed by atoms with E-state index in [4.69, 9.17) is 4.74 Å². The summed E-state index contributed by atoms with van der Waals surface area (Å²) in [6.45, 7) is 4.77. The molecule has 1 aromatic carbocycles. The second kappa shape index (κ2) is 7.10. The van der Waals surface area contributed by atoms with Crippen molar-refractivity contribution in [3.63, 3.8) is 0 Å². The molecule has 2 heterocycles. The van der Waals surface area contributed by atoms with Gasteiger partial charge < -0.3 is 9.64 Å². The van der Waals surface area contributed by atoms with Gasteiger partial charge in [0, 0.05) is 32.2 Å². The third-order valence-corrected chi connectivity index (χ3v) is 9.49. The van der Waals surface area contributed by atoms with Gasteiger partial charge in [-0.3, -0.25) is 4.90 Å². The summed E-state index contributed by atoms with van der Waals surface area (Å²) in [4.78, 5) is 4.36. The van der Waals surface area contributed by atoms with Crippen LogP contribution in [0.25, 0.3) is 0 Å². The van der Waals surface area contributed by atoms with Crippen molar-refractivity contribution in [1.29, 1.82) is 0 Å². The van der Waals surface area contributed by atoms with Gasteiger partial charge >= 0.3 is 0 Å². The van der Waals surface area contributed by atoms with Crippen LogP contribution in [-0.2, 0) is 19.7 Å². The van der Waals surface area contributed by atoms with E-state index in [9.17, 15) is 16.8 Å². The molecular weight excluding hydrogens is 376 g/mol. The number of rotatable bonds is 4. The topological polar surface area (TPSA) is 84.0 Å². The summed E-state index contributed by atoms with van der Waals surface area (Å²) >= 11 is 0. The van der Waals surface area contributed by atoms with Gasteiger partial charge in [-0.05, 0) is 37.7 Å². The maximum atomic E-state index is 13.2. The van der Waals surface area contributed by atoms with Crippen molar-refractivity contribution < 1.29 is 21.6 Å². The summed E-state index contributed by atoms with van der Waals surface area (Å²) in [5.74, 6) is 0.214. The van der Waals surface area contributed by atoms with E-state index in [1.165, 1.54) is 13.2 Å². The number of sulfone groups is 2. The van der Waals surface area contributed by atoms with Crippen molar-refractivity contribution in [2.75, 3.05) is 51.8 Å². The molecule has 2 aliphatic heterocycles. The summed E-state index contributed by atoms with van der Waals surface area (Å²) < 4.78 is 56.3. The number of hydrogen-bond donors (Lipinski definition) is 0. The lowest BCUT2D eigenvalue weighted by molar-refractivity contribution is 0.122. The van der Waals surface area contributed by atoms with Crippen molar-refractivity contribution >= 4 is 19.7 Å². The van der Waals surface area contributed by atoms with E-state index in [0.717, 1.165) is 13.1 Å². The third kappa shape index (κ3) is 3.76. The molecule has 2 aliphatic rings. The van der Waals surface area contributed by atoms with Gasteiger partial charge in [-0.25, -0.2) is 16.8 Å². The van der Waals surface area contributed by atoms with Gasteiger partial charge in [0.15, 0.2) is 19.7 Å². The number of ether oxygens (including phenoxy) is 1. The molecule has 0 spiro atoms. The van der Waals surface area contributed by atoms with Gasteiger partial charge in [0.05, 0.1) is 28.8 Å². The third-order valence-electron chi connectivity index (χ3n) is 5.37. The Kier molecular flexibility index (Phi) is 5.35. The molecule has 0 saturated carbocycles. The minimum absolute atomic E-state index is 0.0876. The Balaban J connectivity index is 1.94. The molecule has 2 atom stereocenters. The molecule has 0 amide bonds. The van der Waals surface area contributed by atoms with E-state index in [1.807, 2.05) is 11.9 Å². The molecule has 26 heavy (non-hydrogen) atoms. The van der Waals surface area contributed by atoms with Crippen LogP contribution in [0, 0.1) is 6.92 Å². The molecule has 0 aliphatic carbocycles. The van der Waals surface area contributed by atoms with E-state index >= 15 is 0 Å². The number of benzene rings is 1. The highest BCUT2D eigenvalue weighted by atomic mass is 32.2. The molecule has 0 bridgehead atoms. The quantitative estimate of drug-likeness (QED) is 0.711. The van der Waals surface area contributed by atoms with Gasteiger partial charge in [0.25, 0.3) is 0 Å². The van der Waals surface area contributed by atoms with E-state index in [2.05, 4.69) is 4.90 Å². The van der Waals surface area contributed by atoms with E-state index < -0.39 is 31.0 Å². The minimum Gasteiger partial charge on any atom is -0.496 e. The predicted octanol–water partition coefficient (Wildman–Crippen LogP) is 0.190. The van der Waals surface area contributed by atoms with Crippen LogP contribution in [0.4, 0.5) is 0 Å². The van der Waals surface area contributed by atoms with Gasteiger partial charge in [0.1, 0.15) is 5.75 Å². The highest BCUT2D eigenvalue weighted by molar-refractivity contribution is 7.96. The van der Waals surface area contributed by atoms with E-state index in [1.54, 1.807) is 19.1 Å². The van der Waals surface area contributed by atoms with Crippen LogP contribution in [0.5, 0.6) is 5.75 Å². The Hall–Kier alpha value is -1.16. The molecule has 2 fully saturated rings. The second-order valence-electron chi connectivity index (χ2n) is 7.20. The first-order chi connectivity index (χ1) is 12.1. The fraction of sp³-hybridized carbons (Fsp3) is 0.647. The smallest absolute Gasteiger partial charge is 0.183 e. The van der Waals surface area contributed by atoms with Crippen LogP contribution in [0.2, 0.25) is 0 Å². The highest BCUT2D eigenvalue weighted by Crippen LogP contribution is 2.31. The van der Waals surface area contributed by atoms with Crippen LogP contribution in [0.1, 0.15) is 5.56 Å². The maximum absolute atomic E-state index is 13.2. The molecule has 146 valence electrons. The van der Waals surface area contributed by atoms with Gasteiger partial charge in [-0.15, -0.1) is 0 Å². The SMILES string of the molecule is COc1ccc(S(=O)(=O)[C@H]2CS(=O)(=O)C[C@@H]2N2CCN(C)CC2)cc1C. The standard InChI is InChI=1S/C17H26N2O5S2/c1-13-10-14(4-5-16(13)24-3)26(22,23)17-12-25(20,21)11-15(17)19-8-6-18(2)7-9-19/h4-5,10,15,17H,6-9,11-12H2,1-3H3/t15-,17-/m0/s1. The number of likely N-dealkylation sites (N-methyl/N-ethyl adjacent to an activating group) is 1. The Morgan fingerprint density at radius 2 is 1.77 bits per heavy atom. The van der Waals surface area contributed by atoms with Crippen LogP contribution in [-0.4, -0.2) is 89.8 Å². The minimum atomic E-state index is -3.76. The zero-order chi connectivity index (χ0) is 19.1. The van der Waals surface area contributed by atoms with Crippen molar-refractivity contribution in [3.05, 3.63) is 23.8 Å². The summed E-state index contributed by atoms with van der Waals surface area (Å²) in [7, 11) is -3.60. The first-order valence-corrected chi connectivity index (χ1v) is 12.0. The summed E-state index contributed by atoms with van der Waals surface area (Å²) in [5, 5.41) is -0.927. The summed E-state index contributed by atoms with van der Waals surface area (Å²) in [6.07, 6.45) is 0. The zero-order valence-electron chi connectivity index (χ0n) is 15.4. The Morgan fingerprint density at radius 3 is 2.35 bits per heavy atom. The molecule has 0 N–H and O–H groups in total. The maximum Gasteiger partial charge on any atom is 0.183 e. The molecule has 3 rings (SSSR count). The van der Waals surface area contributed by atoms with Gasteiger partial charge in [0.2, 0.25) is 0 Å². The van der Waals surface area contributed by atoms with Gasteiger partial charge in [-0.1, -0.05) is 0 Å². The second-order valence-corrected chi connectivity index (χ2v) is 11.5. The number of nitrogens with zero attached hydrogens (tertiary/aromatic N) is 2. The molecular formula is C17H26N2O5S2. The fourth-order valence-corrected chi connectivity index (χ4v) is 8.70. The largest absolute Gasteiger partial charge is 0.496 e. The molecule has 0 radical (unpaired) electrons. The van der Waals surface area contributed by atoms with Crippen molar-refractivity contribution in [1.82, 2.24) is 9.80 Å². The van der Waals surface area contributed by atoms with Crippen LogP contribution in [0.15, 0.2) is 23.1 Å². The van der Waals surface area contributed by atoms with E-state index in [-0.39, 0.29) is 16.4 Å². The molecule has 0 unspecified atom stereocenters. The normalized spacial score (nSPS) is 27.5. The van der Waals surface area contributed by atoms with Crippen LogP contribution in [0.3, 0.4) is 0 Å². The molecule has 0 aromatic heterocycles. The lowest BCUT2D eigenvalue weighted by Gasteiger charge is -2.37. The average Bonchev–Trinajstić information content (AvgIpc) is 2.92. The molecule has 9 heteroatoms. The van der Waals surface area contributed by atoms with Crippen molar-refractivity contribution in [2.45, 2.75) is 23.1 Å². The lowest BCUT2D eigenvalue weighted by atomic mass is 10.2. The Bertz CT molecular complexity index is 874. The first kappa shape index (κ1) is 19.6. The summed E-state index contributed by atoms with van der Waals surface area (Å²) in [6, 6.07) is 4.21. The predicted molar refractivity (Wildman–Crippen MR) is 100 cm³/mol. The van der Waals surface area contributed by atoms with Crippen LogP contribution >= 0.6 is 0 Å². The monoisotopic (exact) mass is 402 g/mol. The number of hydrogen-bond acceptors (Lipinski definition) is 7. The van der Waals surface area contributed by atoms with Crippen molar-refractivity contribution in [3.8, 4) is 5.75 Å². The number of methoxy groups -OCH3 is 1. The first-order valence-electron chi connectivity index (χ1n) is 8.65. The van der Waals surface area contributed by atoms with E-state index in [0.29, 0.717) is 24.4 Å². The molecule has 2 saturated heterocycles. The Labute approximate surface area is 155 Å². The summed E-state index contributed by atoms with van der Waals surface area (Å²) in [5.41, 5.74) is 0.713. The fourth-order valence-electron chi connectivity index (χ4n) is 3.79. The number of piperazine rings is 1. The molecule has 1 aromatic rings. The Morgan fingerprint density at radius 1 is 1.12 bits per heavy atom. The zero-order valence-corrected chi connectivity index (χ0v) is 17.0. The molecule has 7 nitrogen and oxygen atoms in total. The van der Waals surface area contributed by atoms with Gasteiger partial charge in [-0.2, -0.15) is 0 Å². The van der Waals surface area contributed by atoms with Crippen LogP contribution < -0.4 is 4.74 Å². The number of aryl methyl sites for hydroxylation is 1.